The van der Waals surface area contributed by atoms with Crippen molar-refractivity contribution in [3.63, 3.8) is 0 Å². The zero-order valence-corrected chi connectivity index (χ0v) is 10.6. The predicted octanol–water partition coefficient (Wildman–Crippen LogP) is 2.45. The van der Waals surface area contributed by atoms with Crippen LogP contribution < -0.4 is 4.90 Å². The molecule has 0 aliphatic carbocycles. The topological polar surface area (TPSA) is 26.7 Å². The van der Waals surface area contributed by atoms with Crippen LogP contribution in [0.5, 0.6) is 5.75 Å². The first-order chi connectivity index (χ1) is 7.58. The lowest BCUT2D eigenvalue weighted by molar-refractivity contribution is 0.313. The molecule has 5 heteroatoms. The Balaban J connectivity index is 2.23. The molecule has 0 saturated carbocycles. The molecule has 1 aliphatic rings. The summed E-state index contributed by atoms with van der Waals surface area (Å²) in [5, 5.41) is 10.3. The van der Waals surface area contributed by atoms with Crippen LogP contribution in [0.4, 0.5) is 5.69 Å². The Kier molecular flexibility index (Phi) is 3.47. The third kappa shape index (κ3) is 2.37. The number of anilines is 1. The van der Waals surface area contributed by atoms with Crippen LogP contribution in [0.15, 0.2) is 12.1 Å². The number of likely N-dealkylation sites (N-methyl/N-ethyl adjacent to an activating group) is 1. The maximum absolute atomic E-state index is 9.42. The number of benzene rings is 1. The van der Waals surface area contributed by atoms with Crippen molar-refractivity contribution in [3.8, 4) is 5.75 Å². The number of halogens is 2. The molecule has 0 radical (unpaired) electrons. The Morgan fingerprint density at radius 2 is 1.69 bits per heavy atom. The van der Waals surface area contributed by atoms with Crippen LogP contribution in [-0.4, -0.2) is 43.2 Å². The van der Waals surface area contributed by atoms with E-state index in [0.717, 1.165) is 31.9 Å². The lowest BCUT2D eigenvalue weighted by atomic mass is 10.2. The molecular formula is C11H14Cl2N2O. The lowest BCUT2D eigenvalue weighted by Crippen LogP contribution is -2.44. The van der Waals surface area contributed by atoms with Crippen LogP contribution in [0.2, 0.25) is 10.0 Å². The summed E-state index contributed by atoms with van der Waals surface area (Å²) in [4.78, 5) is 4.46. The molecule has 0 spiro atoms. The van der Waals surface area contributed by atoms with E-state index in [2.05, 4.69) is 16.8 Å². The van der Waals surface area contributed by atoms with Crippen LogP contribution in [0.3, 0.4) is 0 Å². The zero-order chi connectivity index (χ0) is 11.7. The molecule has 1 heterocycles. The summed E-state index contributed by atoms with van der Waals surface area (Å²) in [6.07, 6.45) is 0. The summed E-state index contributed by atoms with van der Waals surface area (Å²) in [7, 11) is 2.10. The fourth-order valence-electron chi connectivity index (χ4n) is 1.82. The molecule has 2 rings (SSSR count). The van der Waals surface area contributed by atoms with Crippen molar-refractivity contribution >= 4 is 28.9 Å². The minimum absolute atomic E-state index is 0.0320. The van der Waals surface area contributed by atoms with Crippen LogP contribution in [-0.2, 0) is 0 Å². The number of aromatic hydroxyl groups is 1. The van der Waals surface area contributed by atoms with Crippen molar-refractivity contribution in [2.45, 2.75) is 0 Å². The Morgan fingerprint density at radius 3 is 2.31 bits per heavy atom. The molecule has 0 bridgehead atoms. The van der Waals surface area contributed by atoms with Crippen LogP contribution in [0, 0.1) is 0 Å². The highest BCUT2D eigenvalue weighted by Crippen LogP contribution is 2.35. The van der Waals surface area contributed by atoms with E-state index >= 15 is 0 Å². The number of phenolic OH excluding ortho intramolecular Hbond substituents is 1. The monoisotopic (exact) mass is 260 g/mol. The number of rotatable bonds is 1. The van der Waals surface area contributed by atoms with Crippen LogP contribution in [0.1, 0.15) is 0 Å². The summed E-state index contributed by atoms with van der Waals surface area (Å²) >= 11 is 12.0. The highest BCUT2D eigenvalue weighted by molar-refractivity contribution is 6.36. The van der Waals surface area contributed by atoms with Gasteiger partial charge in [0.25, 0.3) is 0 Å². The first-order valence-corrected chi connectivity index (χ1v) is 5.95. The molecule has 3 nitrogen and oxygen atoms in total. The second-order valence-electron chi connectivity index (χ2n) is 4.05. The maximum atomic E-state index is 9.42. The smallest absolute Gasteiger partial charge is 0.135 e. The van der Waals surface area contributed by atoms with Gasteiger partial charge in [-0.25, -0.2) is 0 Å². The van der Waals surface area contributed by atoms with Gasteiger partial charge in [0.2, 0.25) is 0 Å². The van der Waals surface area contributed by atoms with Crippen molar-refractivity contribution in [2.24, 2.45) is 0 Å². The fraction of sp³-hybridized carbons (Fsp3) is 0.455. The summed E-state index contributed by atoms with van der Waals surface area (Å²) in [5.41, 5.74) is 0.901. The van der Waals surface area contributed by atoms with Crippen molar-refractivity contribution < 1.29 is 5.11 Å². The van der Waals surface area contributed by atoms with Crippen molar-refractivity contribution in [2.75, 3.05) is 38.1 Å². The average molecular weight is 261 g/mol. The van der Waals surface area contributed by atoms with Crippen molar-refractivity contribution in [1.82, 2.24) is 4.90 Å². The molecule has 0 unspecified atom stereocenters. The van der Waals surface area contributed by atoms with E-state index in [9.17, 15) is 5.11 Å². The van der Waals surface area contributed by atoms with Gasteiger partial charge in [0.1, 0.15) is 5.75 Å². The molecule has 1 aliphatic heterocycles. The number of phenols is 1. The average Bonchev–Trinajstić information content (AvgIpc) is 2.25. The van der Waals surface area contributed by atoms with Gasteiger partial charge in [0.05, 0.1) is 15.7 Å². The number of piperazine rings is 1. The first-order valence-electron chi connectivity index (χ1n) is 5.19. The Morgan fingerprint density at radius 1 is 1.06 bits per heavy atom. The summed E-state index contributed by atoms with van der Waals surface area (Å²) < 4.78 is 0. The normalized spacial score (nSPS) is 17.8. The second kappa shape index (κ2) is 4.70. The predicted molar refractivity (Wildman–Crippen MR) is 67.8 cm³/mol. The van der Waals surface area contributed by atoms with Crippen molar-refractivity contribution in [3.05, 3.63) is 22.2 Å². The molecule has 88 valence electrons. The minimum Gasteiger partial charge on any atom is -0.506 e. The Bertz CT molecular complexity index is 390. The van der Waals surface area contributed by atoms with E-state index in [1.165, 1.54) is 6.07 Å². The van der Waals surface area contributed by atoms with Gasteiger partial charge in [0, 0.05) is 32.2 Å². The molecular weight excluding hydrogens is 247 g/mol. The number of nitrogens with zero attached hydrogens (tertiary/aromatic N) is 2. The highest BCUT2D eigenvalue weighted by Gasteiger charge is 2.17. The Labute approximate surface area is 105 Å². The molecule has 1 aromatic carbocycles. The quantitative estimate of drug-likeness (QED) is 0.841. The van der Waals surface area contributed by atoms with Gasteiger partial charge in [-0.15, -0.1) is 0 Å². The second-order valence-corrected chi connectivity index (χ2v) is 4.86. The van der Waals surface area contributed by atoms with E-state index in [0.29, 0.717) is 10.0 Å². The molecule has 1 fully saturated rings. The van der Waals surface area contributed by atoms with Crippen LogP contribution >= 0.6 is 23.2 Å². The standard InChI is InChI=1S/C11H14Cl2N2O/c1-14-2-4-15(5-3-14)10-6-9(13)11(16)7-8(10)12/h6-7,16H,2-5H2,1H3. The Hall–Kier alpha value is -0.640. The number of hydrogen-bond donors (Lipinski definition) is 1. The summed E-state index contributed by atoms with van der Waals surface area (Å²) in [6.45, 7) is 3.87. The van der Waals surface area contributed by atoms with Gasteiger partial charge in [-0.1, -0.05) is 23.2 Å². The summed E-state index contributed by atoms with van der Waals surface area (Å²) in [6, 6.07) is 3.22. The zero-order valence-electron chi connectivity index (χ0n) is 9.08. The van der Waals surface area contributed by atoms with Gasteiger partial charge in [0.15, 0.2) is 0 Å². The third-order valence-electron chi connectivity index (χ3n) is 2.86. The molecule has 1 saturated heterocycles. The van der Waals surface area contributed by atoms with Crippen molar-refractivity contribution in [1.29, 1.82) is 0 Å². The van der Waals surface area contributed by atoms with Gasteiger partial charge in [-0.3, -0.25) is 0 Å². The molecule has 1 aromatic rings. The fourth-order valence-corrected chi connectivity index (χ4v) is 2.25. The summed E-state index contributed by atoms with van der Waals surface area (Å²) in [5.74, 6) is 0.0320. The van der Waals surface area contributed by atoms with E-state index in [4.69, 9.17) is 23.2 Å². The number of hydrogen-bond acceptors (Lipinski definition) is 3. The van der Waals surface area contributed by atoms with E-state index in [1.54, 1.807) is 6.07 Å². The van der Waals surface area contributed by atoms with Gasteiger partial charge >= 0.3 is 0 Å². The third-order valence-corrected chi connectivity index (χ3v) is 3.47. The maximum Gasteiger partial charge on any atom is 0.135 e. The SMILES string of the molecule is CN1CCN(c2cc(Cl)c(O)cc2Cl)CC1. The lowest BCUT2D eigenvalue weighted by Gasteiger charge is -2.34. The molecule has 0 amide bonds. The largest absolute Gasteiger partial charge is 0.506 e. The minimum atomic E-state index is 0.0320. The van der Waals surface area contributed by atoms with Gasteiger partial charge in [-0.05, 0) is 13.1 Å². The van der Waals surface area contributed by atoms with E-state index in [1.807, 2.05) is 0 Å². The van der Waals surface area contributed by atoms with Gasteiger partial charge in [-0.2, -0.15) is 0 Å². The molecule has 16 heavy (non-hydrogen) atoms. The molecule has 0 aromatic heterocycles. The van der Waals surface area contributed by atoms with Gasteiger partial charge < -0.3 is 14.9 Å². The van der Waals surface area contributed by atoms with Crippen LogP contribution in [0.25, 0.3) is 0 Å². The first kappa shape index (κ1) is 11.8. The highest BCUT2D eigenvalue weighted by atomic mass is 35.5. The molecule has 0 atom stereocenters. The van der Waals surface area contributed by atoms with E-state index in [-0.39, 0.29) is 5.75 Å². The molecule has 1 N–H and O–H groups in total. The van der Waals surface area contributed by atoms with E-state index < -0.39 is 0 Å².